The van der Waals surface area contributed by atoms with E-state index in [-0.39, 0.29) is 0 Å². The summed E-state index contributed by atoms with van der Waals surface area (Å²) in [5.41, 5.74) is 1.00. The zero-order valence-electron chi connectivity index (χ0n) is 14.9. The Kier molecular flexibility index (Phi) is 5.30. The predicted octanol–water partition coefficient (Wildman–Crippen LogP) is 4.40. The van der Waals surface area contributed by atoms with Gasteiger partial charge in [-0.3, -0.25) is 4.98 Å². The van der Waals surface area contributed by atoms with Crippen LogP contribution in [0.25, 0.3) is 22.1 Å². The Morgan fingerprint density at radius 3 is 2.78 bits per heavy atom. The van der Waals surface area contributed by atoms with Crippen LogP contribution in [0.4, 0.5) is 0 Å². The lowest BCUT2D eigenvalue weighted by Gasteiger charge is -2.12. The fourth-order valence-corrected chi connectivity index (χ4v) is 4.02. The lowest BCUT2D eigenvalue weighted by Crippen LogP contribution is -2.08. The van der Waals surface area contributed by atoms with Crippen LogP contribution in [0.2, 0.25) is 0 Å². The maximum absolute atomic E-state index is 5.38. The summed E-state index contributed by atoms with van der Waals surface area (Å²) >= 11 is 3.14. The molecular formula is C18H18N6OS2. The summed E-state index contributed by atoms with van der Waals surface area (Å²) < 4.78 is 7.52. The van der Waals surface area contributed by atoms with E-state index >= 15 is 0 Å². The van der Waals surface area contributed by atoms with Crippen molar-refractivity contribution in [2.75, 3.05) is 0 Å². The summed E-state index contributed by atoms with van der Waals surface area (Å²) in [5.74, 6) is 3.06. The molecule has 0 bridgehead atoms. The molecule has 4 aromatic heterocycles. The molecule has 0 radical (unpaired) electrons. The highest BCUT2D eigenvalue weighted by Crippen LogP contribution is 2.28. The van der Waals surface area contributed by atoms with Crippen LogP contribution in [0.1, 0.15) is 19.7 Å². The zero-order chi connectivity index (χ0) is 18.6. The molecule has 0 N–H and O–H groups in total. The van der Waals surface area contributed by atoms with Gasteiger partial charge >= 0.3 is 0 Å². The molecule has 27 heavy (non-hydrogen) atoms. The van der Waals surface area contributed by atoms with Crippen LogP contribution < -0.4 is 0 Å². The minimum absolute atomic E-state index is 0.467. The maximum atomic E-state index is 5.38. The van der Waals surface area contributed by atoms with E-state index in [1.165, 1.54) is 0 Å². The van der Waals surface area contributed by atoms with E-state index in [1.54, 1.807) is 35.5 Å². The first-order valence-electron chi connectivity index (χ1n) is 8.53. The quantitative estimate of drug-likeness (QED) is 0.427. The van der Waals surface area contributed by atoms with Crippen molar-refractivity contribution < 1.29 is 4.52 Å². The van der Waals surface area contributed by atoms with Crippen LogP contribution in [-0.4, -0.2) is 29.9 Å². The molecule has 138 valence electrons. The summed E-state index contributed by atoms with van der Waals surface area (Å²) in [6.45, 7) is 5.18. The fraction of sp³-hybridized carbons (Fsp3) is 0.278. The summed E-state index contributed by atoms with van der Waals surface area (Å²) in [4.78, 5) is 9.55. The van der Waals surface area contributed by atoms with Crippen LogP contribution in [0.5, 0.6) is 0 Å². The Morgan fingerprint density at radius 2 is 2.04 bits per heavy atom. The minimum Gasteiger partial charge on any atom is -0.338 e. The van der Waals surface area contributed by atoms with E-state index in [2.05, 4.69) is 43.7 Å². The number of thioether (sulfide) groups is 1. The SMILES string of the molecule is CC(C)Cn1c(SCc2nc(-c3cccs3)no2)nnc1-c1ccncc1. The van der Waals surface area contributed by atoms with Crippen LogP contribution in [0.15, 0.2) is 51.7 Å². The molecule has 0 aliphatic heterocycles. The molecule has 0 fully saturated rings. The van der Waals surface area contributed by atoms with Gasteiger partial charge in [0.05, 0.1) is 10.6 Å². The Labute approximate surface area is 164 Å². The third kappa shape index (κ3) is 4.09. The summed E-state index contributed by atoms with van der Waals surface area (Å²) in [6, 6.07) is 7.84. The van der Waals surface area contributed by atoms with E-state index < -0.39 is 0 Å². The lowest BCUT2D eigenvalue weighted by molar-refractivity contribution is 0.391. The molecule has 0 saturated carbocycles. The standard InChI is InChI=1S/C18H18N6OS2/c1-12(2)10-24-17(13-5-7-19-8-6-13)21-22-18(24)27-11-15-20-16(23-25-15)14-4-3-9-26-14/h3-9,12H,10-11H2,1-2H3. The van der Waals surface area contributed by atoms with Gasteiger partial charge in [0.25, 0.3) is 0 Å². The van der Waals surface area contributed by atoms with Crippen molar-refractivity contribution in [3.8, 4) is 22.1 Å². The largest absolute Gasteiger partial charge is 0.338 e. The lowest BCUT2D eigenvalue weighted by atomic mass is 10.2. The van der Waals surface area contributed by atoms with Crippen molar-refractivity contribution in [1.82, 2.24) is 29.9 Å². The number of rotatable bonds is 7. The number of aromatic nitrogens is 6. The average Bonchev–Trinajstić information content (AvgIpc) is 3.41. The highest BCUT2D eigenvalue weighted by molar-refractivity contribution is 7.98. The van der Waals surface area contributed by atoms with Crippen molar-refractivity contribution in [3.63, 3.8) is 0 Å². The molecule has 9 heteroatoms. The van der Waals surface area contributed by atoms with Gasteiger partial charge in [-0.15, -0.1) is 21.5 Å². The van der Waals surface area contributed by atoms with Gasteiger partial charge in [-0.1, -0.05) is 36.8 Å². The second kappa shape index (κ2) is 8.01. The highest BCUT2D eigenvalue weighted by atomic mass is 32.2. The molecule has 0 atom stereocenters. The van der Waals surface area contributed by atoms with Gasteiger partial charge in [0.15, 0.2) is 11.0 Å². The number of hydrogen-bond donors (Lipinski definition) is 0. The monoisotopic (exact) mass is 398 g/mol. The molecule has 0 spiro atoms. The van der Waals surface area contributed by atoms with E-state index in [1.807, 2.05) is 29.6 Å². The van der Waals surface area contributed by atoms with Crippen molar-refractivity contribution in [3.05, 3.63) is 47.9 Å². The second-order valence-corrected chi connectivity index (χ2v) is 8.21. The highest BCUT2D eigenvalue weighted by Gasteiger charge is 2.17. The van der Waals surface area contributed by atoms with Crippen LogP contribution in [0, 0.1) is 5.92 Å². The molecule has 0 unspecified atom stereocenters. The van der Waals surface area contributed by atoms with Gasteiger partial charge in [0, 0.05) is 24.5 Å². The number of hydrogen-bond acceptors (Lipinski definition) is 8. The Morgan fingerprint density at radius 1 is 1.19 bits per heavy atom. The van der Waals surface area contributed by atoms with Gasteiger partial charge in [-0.2, -0.15) is 4.98 Å². The van der Waals surface area contributed by atoms with Crippen LogP contribution in [-0.2, 0) is 12.3 Å². The number of thiophene rings is 1. The maximum Gasteiger partial charge on any atom is 0.237 e. The van der Waals surface area contributed by atoms with Gasteiger partial charge < -0.3 is 9.09 Å². The van der Waals surface area contributed by atoms with E-state index in [0.29, 0.717) is 23.4 Å². The third-order valence-corrected chi connectivity index (χ3v) is 5.55. The normalized spacial score (nSPS) is 11.4. The molecule has 0 aromatic carbocycles. The molecule has 0 aliphatic carbocycles. The van der Waals surface area contributed by atoms with E-state index in [4.69, 9.17) is 4.52 Å². The molecule has 7 nitrogen and oxygen atoms in total. The van der Waals surface area contributed by atoms with Crippen LogP contribution >= 0.6 is 23.1 Å². The van der Waals surface area contributed by atoms with Gasteiger partial charge in [0.1, 0.15) is 0 Å². The smallest absolute Gasteiger partial charge is 0.237 e. The van der Waals surface area contributed by atoms with E-state index in [0.717, 1.165) is 28.0 Å². The van der Waals surface area contributed by atoms with E-state index in [9.17, 15) is 0 Å². The summed E-state index contributed by atoms with van der Waals surface area (Å²) in [5, 5.41) is 15.7. The Balaban J connectivity index is 1.54. The molecule has 4 heterocycles. The summed E-state index contributed by atoms with van der Waals surface area (Å²) in [6.07, 6.45) is 3.53. The zero-order valence-corrected chi connectivity index (χ0v) is 16.6. The molecule has 4 aromatic rings. The first-order valence-corrected chi connectivity index (χ1v) is 10.4. The van der Waals surface area contributed by atoms with Gasteiger partial charge in [-0.05, 0) is 29.5 Å². The molecule has 4 rings (SSSR count). The third-order valence-electron chi connectivity index (χ3n) is 3.74. The van der Waals surface area contributed by atoms with Crippen molar-refractivity contribution in [2.24, 2.45) is 5.92 Å². The second-order valence-electron chi connectivity index (χ2n) is 6.32. The minimum atomic E-state index is 0.467. The van der Waals surface area contributed by atoms with Gasteiger partial charge in [0.2, 0.25) is 11.7 Å². The topological polar surface area (TPSA) is 82.5 Å². The molecule has 0 amide bonds. The van der Waals surface area contributed by atoms with Crippen LogP contribution in [0.3, 0.4) is 0 Å². The first-order chi connectivity index (χ1) is 13.2. The molecule has 0 saturated heterocycles. The Hall–Kier alpha value is -2.52. The first kappa shape index (κ1) is 17.9. The summed E-state index contributed by atoms with van der Waals surface area (Å²) in [7, 11) is 0. The average molecular weight is 399 g/mol. The van der Waals surface area contributed by atoms with Gasteiger partial charge in [-0.25, -0.2) is 0 Å². The van der Waals surface area contributed by atoms with Crippen molar-refractivity contribution in [1.29, 1.82) is 0 Å². The Bertz CT molecular complexity index is 994. The fourth-order valence-electron chi connectivity index (χ4n) is 2.59. The molecule has 0 aliphatic rings. The number of nitrogens with zero attached hydrogens (tertiary/aromatic N) is 6. The molecular weight excluding hydrogens is 380 g/mol. The van der Waals surface area contributed by atoms with Crippen molar-refractivity contribution >= 4 is 23.1 Å². The van der Waals surface area contributed by atoms with Crippen molar-refractivity contribution in [2.45, 2.75) is 31.3 Å². The predicted molar refractivity (Wildman–Crippen MR) is 105 cm³/mol. The number of pyridine rings is 1.